The Morgan fingerprint density at radius 3 is 2.68 bits per heavy atom. The number of anilines is 1. The van der Waals surface area contributed by atoms with Crippen LogP contribution < -0.4 is 4.90 Å². The van der Waals surface area contributed by atoms with Crippen LogP contribution in [-0.2, 0) is 16.6 Å². The molecule has 0 aromatic heterocycles. The van der Waals surface area contributed by atoms with Crippen molar-refractivity contribution in [3.8, 4) is 0 Å². The summed E-state index contributed by atoms with van der Waals surface area (Å²) < 4.78 is 14.1. The van der Waals surface area contributed by atoms with Crippen LogP contribution in [0.5, 0.6) is 0 Å². The fraction of sp³-hybridized carbons (Fsp3) is 0.519. The lowest BCUT2D eigenvalue weighted by atomic mass is 9.74. The summed E-state index contributed by atoms with van der Waals surface area (Å²) in [5, 5.41) is 10.7. The number of piperidine rings is 1. The number of carbonyl (C=O) groups excluding carboxylic acids is 1. The summed E-state index contributed by atoms with van der Waals surface area (Å²) in [5.41, 5.74) is 3.22. The average molecular weight is 486 g/mol. The molecule has 2 atom stereocenters. The third-order valence-electron chi connectivity index (χ3n) is 8.02. The lowest BCUT2D eigenvalue weighted by Crippen LogP contribution is -2.48. The Morgan fingerprint density at radius 1 is 1.21 bits per heavy atom. The molecule has 5 rings (SSSR count). The molecule has 3 heterocycles. The highest BCUT2D eigenvalue weighted by molar-refractivity contribution is 6.31. The summed E-state index contributed by atoms with van der Waals surface area (Å²) in [5.74, 6) is -0.283. The molecule has 2 aromatic carbocycles. The number of amides is 1. The predicted octanol–water partition coefficient (Wildman–Crippen LogP) is 3.71. The maximum atomic E-state index is 14.1. The Hall–Kier alpha value is -2.15. The number of β-amino-alcohol motifs (C(OH)–C–C–N with tert-alkyl or cyclic N) is 1. The highest BCUT2D eigenvalue weighted by Gasteiger charge is 2.44. The third kappa shape index (κ3) is 4.56. The predicted molar refractivity (Wildman–Crippen MR) is 133 cm³/mol. The number of likely N-dealkylation sites (tertiary alicyclic amines) is 2. The Kier molecular flexibility index (Phi) is 6.58. The molecule has 2 aromatic rings. The Balaban J connectivity index is 1.30. The van der Waals surface area contributed by atoms with Crippen LogP contribution >= 0.6 is 11.6 Å². The molecule has 1 unspecified atom stereocenters. The van der Waals surface area contributed by atoms with E-state index in [1.165, 1.54) is 0 Å². The minimum atomic E-state index is -0.431. The van der Waals surface area contributed by atoms with Crippen LogP contribution in [0.25, 0.3) is 0 Å². The van der Waals surface area contributed by atoms with Crippen LogP contribution in [-0.4, -0.2) is 73.2 Å². The van der Waals surface area contributed by atoms with E-state index in [1.54, 1.807) is 12.1 Å². The normalized spacial score (nSPS) is 22.9. The second-order valence-electron chi connectivity index (χ2n) is 10.3. The van der Waals surface area contributed by atoms with Crippen LogP contribution in [0.1, 0.15) is 30.4 Å². The zero-order chi connectivity index (χ0) is 23.9. The molecule has 1 N–H and O–H groups in total. The van der Waals surface area contributed by atoms with E-state index >= 15 is 0 Å². The number of rotatable bonds is 5. The average Bonchev–Trinajstić information content (AvgIpc) is 3.37. The van der Waals surface area contributed by atoms with Gasteiger partial charge in [0.15, 0.2) is 0 Å². The summed E-state index contributed by atoms with van der Waals surface area (Å²) in [4.78, 5) is 19.9. The number of nitrogens with zero attached hydrogens (tertiary/aromatic N) is 3. The monoisotopic (exact) mass is 485 g/mol. The van der Waals surface area contributed by atoms with Crippen molar-refractivity contribution >= 4 is 23.2 Å². The van der Waals surface area contributed by atoms with E-state index in [4.69, 9.17) is 11.6 Å². The second-order valence-corrected chi connectivity index (χ2v) is 10.7. The highest BCUT2D eigenvalue weighted by atomic mass is 35.5. The number of carbonyl (C=O) groups is 1. The standard InChI is InChI=1S/C27H33ClFN3O2/c1-30-18-27(23-15-21(29)6-7-25(23)30)9-12-31(13-10-27)16-20(14-19-4-2-3-5-24(19)28)26(34)32-11-8-22(33)17-32/h2-7,15,20,22,33H,8-14,16-18H2,1H3/t20?,22-/m1/s1. The molecule has 1 amide bonds. The third-order valence-corrected chi connectivity index (χ3v) is 8.39. The first-order valence-electron chi connectivity index (χ1n) is 12.3. The van der Waals surface area contributed by atoms with Gasteiger partial charge in [-0.1, -0.05) is 29.8 Å². The fourth-order valence-corrected chi connectivity index (χ4v) is 6.37. The molecule has 5 nitrogen and oxygen atoms in total. The number of aliphatic hydroxyl groups is 1. The van der Waals surface area contributed by atoms with Gasteiger partial charge in [0, 0.05) is 49.4 Å². The van der Waals surface area contributed by atoms with Gasteiger partial charge in [0.1, 0.15) is 5.82 Å². The van der Waals surface area contributed by atoms with Crippen LogP contribution in [0, 0.1) is 11.7 Å². The van der Waals surface area contributed by atoms with Crippen molar-refractivity contribution < 1.29 is 14.3 Å². The van der Waals surface area contributed by atoms with Crippen molar-refractivity contribution in [2.24, 2.45) is 5.92 Å². The summed E-state index contributed by atoms with van der Waals surface area (Å²) in [6.07, 6.45) is 2.69. The van der Waals surface area contributed by atoms with Gasteiger partial charge >= 0.3 is 0 Å². The smallest absolute Gasteiger partial charge is 0.227 e. The van der Waals surface area contributed by atoms with Crippen LogP contribution in [0.15, 0.2) is 42.5 Å². The van der Waals surface area contributed by atoms with E-state index in [9.17, 15) is 14.3 Å². The van der Waals surface area contributed by atoms with Gasteiger partial charge < -0.3 is 19.8 Å². The number of fused-ring (bicyclic) bond motifs is 2. The van der Waals surface area contributed by atoms with Crippen molar-refractivity contribution in [3.63, 3.8) is 0 Å². The fourth-order valence-electron chi connectivity index (χ4n) is 6.15. The second kappa shape index (κ2) is 9.48. The number of hydrogen-bond acceptors (Lipinski definition) is 4. The Labute approximate surface area is 206 Å². The minimum absolute atomic E-state index is 0.0238. The molecular weight excluding hydrogens is 453 g/mol. The van der Waals surface area contributed by atoms with E-state index in [2.05, 4.69) is 16.8 Å². The maximum absolute atomic E-state index is 14.1. The number of hydrogen-bond donors (Lipinski definition) is 1. The first-order chi connectivity index (χ1) is 16.3. The van der Waals surface area contributed by atoms with Crippen molar-refractivity contribution in [2.75, 3.05) is 51.2 Å². The maximum Gasteiger partial charge on any atom is 0.227 e. The van der Waals surface area contributed by atoms with Gasteiger partial charge in [0.2, 0.25) is 5.91 Å². The van der Waals surface area contributed by atoms with E-state index < -0.39 is 6.10 Å². The van der Waals surface area contributed by atoms with Crippen molar-refractivity contribution in [3.05, 3.63) is 64.4 Å². The van der Waals surface area contributed by atoms with Gasteiger partial charge in [-0.25, -0.2) is 4.39 Å². The lowest BCUT2D eigenvalue weighted by molar-refractivity contribution is -0.135. The zero-order valence-electron chi connectivity index (χ0n) is 19.7. The SMILES string of the molecule is CN1CC2(CCN(CC(Cc3ccccc3Cl)C(=O)N3CC[C@@H](O)C3)CC2)c2cc(F)ccc21. The van der Waals surface area contributed by atoms with Gasteiger partial charge in [0.25, 0.3) is 0 Å². The summed E-state index contributed by atoms with van der Waals surface area (Å²) in [6.45, 7) is 4.34. The molecule has 0 radical (unpaired) electrons. The molecule has 0 saturated carbocycles. The molecule has 1 spiro atoms. The van der Waals surface area contributed by atoms with E-state index in [-0.39, 0.29) is 23.1 Å². The van der Waals surface area contributed by atoms with Crippen molar-refractivity contribution in [1.29, 1.82) is 0 Å². The van der Waals surface area contributed by atoms with Gasteiger partial charge in [0.05, 0.1) is 12.0 Å². The van der Waals surface area contributed by atoms with Crippen molar-refractivity contribution in [2.45, 2.75) is 37.2 Å². The number of likely N-dealkylation sites (N-methyl/N-ethyl adjacent to an activating group) is 1. The molecule has 2 fully saturated rings. The number of benzene rings is 2. The molecular formula is C27H33ClFN3O2. The molecule has 182 valence electrons. The molecule has 34 heavy (non-hydrogen) atoms. The summed E-state index contributed by atoms with van der Waals surface area (Å²) in [7, 11) is 2.08. The first kappa shape index (κ1) is 23.6. The van der Waals surface area contributed by atoms with E-state index in [1.807, 2.05) is 35.2 Å². The first-order valence-corrected chi connectivity index (χ1v) is 12.7. The van der Waals surface area contributed by atoms with E-state index in [0.717, 1.165) is 49.3 Å². The molecule has 3 aliphatic heterocycles. The Morgan fingerprint density at radius 2 is 1.97 bits per heavy atom. The minimum Gasteiger partial charge on any atom is -0.391 e. The van der Waals surface area contributed by atoms with Crippen LogP contribution in [0.3, 0.4) is 0 Å². The Bertz CT molecular complexity index is 1060. The number of aliphatic hydroxyl groups excluding tert-OH is 1. The van der Waals surface area contributed by atoms with Gasteiger partial charge in [-0.15, -0.1) is 0 Å². The van der Waals surface area contributed by atoms with Gasteiger partial charge in [-0.3, -0.25) is 4.79 Å². The zero-order valence-corrected chi connectivity index (χ0v) is 20.5. The van der Waals surface area contributed by atoms with Gasteiger partial charge in [-0.2, -0.15) is 0 Å². The molecule has 0 aliphatic carbocycles. The summed E-state index contributed by atoms with van der Waals surface area (Å²) in [6, 6.07) is 12.9. The topological polar surface area (TPSA) is 47.0 Å². The largest absolute Gasteiger partial charge is 0.391 e. The lowest BCUT2D eigenvalue weighted by Gasteiger charge is -2.41. The quantitative estimate of drug-likeness (QED) is 0.701. The van der Waals surface area contributed by atoms with Crippen molar-refractivity contribution in [1.82, 2.24) is 9.80 Å². The summed E-state index contributed by atoms with van der Waals surface area (Å²) >= 11 is 6.44. The molecule has 2 saturated heterocycles. The van der Waals surface area contributed by atoms with E-state index in [0.29, 0.717) is 37.5 Å². The van der Waals surface area contributed by atoms with Crippen LogP contribution in [0.4, 0.5) is 10.1 Å². The molecule has 7 heteroatoms. The molecule has 3 aliphatic rings. The van der Waals surface area contributed by atoms with Gasteiger partial charge in [-0.05, 0) is 74.2 Å². The van der Waals surface area contributed by atoms with Crippen LogP contribution in [0.2, 0.25) is 5.02 Å². The number of halogens is 2. The molecule has 0 bridgehead atoms. The highest BCUT2D eigenvalue weighted by Crippen LogP contribution is 2.46.